The molecule has 2 rings (SSSR count). The third-order valence-electron chi connectivity index (χ3n) is 4.87. The number of carbonyl (C=O) groups excluding carboxylic acids is 1. The summed E-state index contributed by atoms with van der Waals surface area (Å²) in [4.78, 5) is 23.4. The van der Waals surface area contributed by atoms with Crippen molar-refractivity contribution in [3.8, 4) is 11.5 Å². The molecule has 0 aliphatic carbocycles. The number of ether oxygens (including phenoxy) is 2. The highest BCUT2D eigenvalue weighted by atomic mass is 35.5. The normalized spacial score (nSPS) is 11.6. The van der Waals surface area contributed by atoms with Gasteiger partial charge >= 0.3 is 5.97 Å². The lowest BCUT2D eigenvalue weighted by molar-refractivity contribution is -0.139. The lowest BCUT2D eigenvalue weighted by atomic mass is 9.98. The maximum Gasteiger partial charge on any atom is 0.309 e. The summed E-state index contributed by atoms with van der Waals surface area (Å²) in [6, 6.07) is 8.42. The number of hydrogen-bond donors (Lipinski definition) is 1. The Morgan fingerprint density at radius 2 is 2.12 bits per heavy atom. The van der Waals surface area contributed by atoms with Crippen LogP contribution in [0.15, 0.2) is 53.1 Å². The van der Waals surface area contributed by atoms with Crippen LogP contribution in [0.1, 0.15) is 42.5 Å². The molecule has 1 atom stereocenters. The van der Waals surface area contributed by atoms with E-state index in [9.17, 15) is 14.8 Å². The van der Waals surface area contributed by atoms with E-state index >= 15 is 0 Å². The molecule has 8 heteroatoms. The molecule has 0 saturated heterocycles. The molecule has 1 N–H and O–H groups in total. The van der Waals surface area contributed by atoms with E-state index in [1.807, 2.05) is 19.1 Å². The standard InChI is InChI=1S/C24H28ClNO5S/c1-4-7-18-21(10-9-17(24(18)28)20(5-2)26-29)31-12-6-13-32-22-11-8-16(14-19(22)25)15-23(27)30-3/h4,8-11,14,20,28H,1,5-7,12-13,15H2,2-3H3. The van der Waals surface area contributed by atoms with Gasteiger partial charge in [-0.3, -0.25) is 4.79 Å². The Morgan fingerprint density at radius 3 is 2.75 bits per heavy atom. The van der Waals surface area contributed by atoms with Crippen molar-refractivity contribution in [3.05, 3.63) is 69.6 Å². The van der Waals surface area contributed by atoms with Crippen molar-refractivity contribution < 1.29 is 19.4 Å². The summed E-state index contributed by atoms with van der Waals surface area (Å²) in [5.74, 6) is 1.09. The quantitative estimate of drug-likeness (QED) is 0.120. The fourth-order valence-corrected chi connectivity index (χ4v) is 4.38. The molecule has 0 fully saturated rings. The van der Waals surface area contributed by atoms with Crippen molar-refractivity contribution in [1.29, 1.82) is 0 Å². The van der Waals surface area contributed by atoms with Crippen LogP contribution in [0.5, 0.6) is 11.5 Å². The second-order valence-corrected chi connectivity index (χ2v) is 8.61. The van der Waals surface area contributed by atoms with Crippen LogP contribution in [0.4, 0.5) is 0 Å². The lowest BCUT2D eigenvalue weighted by Crippen LogP contribution is -2.04. The van der Waals surface area contributed by atoms with Gasteiger partial charge in [0.15, 0.2) is 0 Å². The van der Waals surface area contributed by atoms with Gasteiger partial charge in [0.1, 0.15) is 17.5 Å². The average Bonchev–Trinajstić information content (AvgIpc) is 2.78. The van der Waals surface area contributed by atoms with Crippen LogP contribution in [0, 0.1) is 4.91 Å². The molecule has 0 heterocycles. The first-order valence-electron chi connectivity index (χ1n) is 10.3. The maximum atomic E-state index is 11.4. The van der Waals surface area contributed by atoms with Crippen molar-refractivity contribution in [1.82, 2.24) is 0 Å². The van der Waals surface area contributed by atoms with Crippen LogP contribution < -0.4 is 4.74 Å². The molecule has 32 heavy (non-hydrogen) atoms. The lowest BCUT2D eigenvalue weighted by Gasteiger charge is -2.16. The number of allylic oxidation sites excluding steroid dienone is 1. The van der Waals surface area contributed by atoms with E-state index in [1.54, 1.807) is 36.0 Å². The molecule has 0 spiro atoms. The Kier molecular flexibility index (Phi) is 10.6. The van der Waals surface area contributed by atoms with Crippen molar-refractivity contribution >= 4 is 29.3 Å². The molecule has 1 unspecified atom stereocenters. The van der Waals surface area contributed by atoms with E-state index < -0.39 is 6.04 Å². The largest absolute Gasteiger partial charge is 0.507 e. The zero-order valence-corrected chi connectivity index (χ0v) is 19.9. The zero-order chi connectivity index (χ0) is 23.5. The summed E-state index contributed by atoms with van der Waals surface area (Å²) in [6.45, 7) is 6.04. The number of halogens is 1. The SMILES string of the molecule is C=CCc1c(OCCCSc2ccc(CC(=O)OC)cc2Cl)ccc(C(CC)N=O)c1O. The smallest absolute Gasteiger partial charge is 0.309 e. The minimum atomic E-state index is -0.590. The third kappa shape index (κ3) is 7.00. The number of phenols is 1. The van der Waals surface area contributed by atoms with Crippen LogP contribution in [0.3, 0.4) is 0 Å². The van der Waals surface area contributed by atoms with E-state index in [0.717, 1.165) is 22.6 Å². The Labute approximate surface area is 197 Å². The number of esters is 1. The molecule has 0 bridgehead atoms. The monoisotopic (exact) mass is 477 g/mol. The minimum Gasteiger partial charge on any atom is -0.507 e. The molecule has 0 aromatic heterocycles. The highest BCUT2D eigenvalue weighted by Crippen LogP contribution is 2.38. The number of hydrogen-bond acceptors (Lipinski definition) is 7. The second-order valence-electron chi connectivity index (χ2n) is 7.07. The van der Waals surface area contributed by atoms with Gasteiger partial charge in [0.25, 0.3) is 0 Å². The molecule has 0 radical (unpaired) electrons. The van der Waals surface area contributed by atoms with Crippen LogP contribution >= 0.6 is 23.4 Å². The van der Waals surface area contributed by atoms with Crippen molar-refractivity contribution in [2.24, 2.45) is 5.18 Å². The number of carbonyl (C=O) groups is 1. The first-order chi connectivity index (χ1) is 15.4. The molecular weight excluding hydrogens is 450 g/mol. The number of benzene rings is 2. The highest BCUT2D eigenvalue weighted by Gasteiger charge is 2.19. The molecule has 6 nitrogen and oxygen atoms in total. The molecular formula is C24H28ClNO5S. The Bertz CT molecular complexity index is 950. The van der Waals surface area contributed by atoms with Crippen LogP contribution in [-0.2, 0) is 22.4 Å². The molecule has 2 aromatic rings. The topological polar surface area (TPSA) is 85.2 Å². The summed E-state index contributed by atoms with van der Waals surface area (Å²) in [6.07, 6.45) is 3.56. The average molecular weight is 478 g/mol. The van der Waals surface area contributed by atoms with E-state index in [4.69, 9.17) is 16.3 Å². The number of nitroso groups, excluding NO2 is 1. The van der Waals surface area contributed by atoms with Gasteiger partial charge in [-0.05, 0) is 49.1 Å². The van der Waals surface area contributed by atoms with Gasteiger partial charge in [-0.15, -0.1) is 18.3 Å². The van der Waals surface area contributed by atoms with E-state index in [0.29, 0.717) is 41.3 Å². The first-order valence-corrected chi connectivity index (χ1v) is 11.7. The van der Waals surface area contributed by atoms with Gasteiger partial charge in [0.2, 0.25) is 0 Å². The minimum absolute atomic E-state index is 0.0436. The maximum absolute atomic E-state index is 11.4. The molecule has 0 saturated carbocycles. The van der Waals surface area contributed by atoms with Gasteiger partial charge < -0.3 is 14.6 Å². The number of rotatable bonds is 13. The van der Waals surface area contributed by atoms with Crippen LogP contribution in [0.2, 0.25) is 5.02 Å². The van der Waals surface area contributed by atoms with E-state index in [1.165, 1.54) is 7.11 Å². The number of phenolic OH excluding ortho intramolecular Hbond substituents is 1. The van der Waals surface area contributed by atoms with Gasteiger partial charge in [-0.1, -0.05) is 35.8 Å². The molecule has 0 aliphatic heterocycles. The van der Waals surface area contributed by atoms with Crippen LogP contribution in [0.25, 0.3) is 0 Å². The molecule has 172 valence electrons. The fourth-order valence-electron chi connectivity index (χ4n) is 3.17. The Hall–Kier alpha value is -2.51. The summed E-state index contributed by atoms with van der Waals surface area (Å²) >= 11 is 7.94. The van der Waals surface area contributed by atoms with Crippen molar-refractivity contribution in [3.63, 3.8) is 0 Å². The summed E-state index contributed by atoms with van der Waals surface area (Å²) in [7, 11) is 1.36. The number of methoxy groups -OCH3 is 1. The zero-order valence-electron chi connectivity index (χ0n) is 18.3. The second kappa shape index (κ2) is 13.1. The van der Waals surface area contributed by atoms with Gasteiger partial charge in [-0.25, -0.2) is 0 Å². The van der Waals surface area contributed by atoms with Gasteiger partial charge in [0.05, 0.1) is 25.2 Å². The molecule has 2 aromatic carbocycles. The molecule has 0 amide bonds. The van der Waals surface area contributed by atoms with Crippen LogP contribution in [-0.4, -0.2) is 30.5 Å². The summed E-state index contributed by atoms with van der Waals surface area (Å²) < 4.78 is 10.6. The van der Waals surface area contributed by atoms with Gasteiger partial charge in [-0.2, -0.15) is 4.91 Å². The fraction of sp³-hybridized carbons (Fsp3) is 0.375. The summed E-state index contributed by atoms with van der Waals surface area (Å²) in [5, 5.41) is 14.3. The number of aromatic hydroxyl groups is 1. The van der Waals surface area contributed by atoms with E-state index in [2.05, 4.69) is 16.5 Å². The Balaban J connectivity index is 1.93. The predicted molar refractivity (Wildman–Crippen MR) is 129 cm³/mol. The highest BCUT2D eigenvalue weighted by molar-refractivity contribution is 7.99. The molecule has 0 aliphatic rings. The summed E-state index contributed by atoms with van der Waals surface area (Å²) in [5.41, 5.74) is 1.92. The van der Waals surface area contributed by atoms with Gasteiger partial charge in [0, 0.05) is 21.8 Å². The number of nitrogens with zero attached hydrogens (tertiary/aromatic N) is 1. The third-order valence-corrected chi connectivity index (χ3v) is 6.45. The van der Waals surface area contributed by atoms with E-state index in [-0.39, 0.29) is 18.1 Å². The van der Waals surface area contributed by atoms with Crippen molar-refractivity contribution in [2.75, 3.05) is 19.5 Å². The predicted octanol–water partition coefficient (Wildman–Crippen LogP) is 6.27. The Morgan fingerprint density at radius 1 is 1.34 bits per heavy atom. The first kappa shape index (κ1) is 25.7. The van der Waals surface area contributed by atoms with Crippen molar-refractivity contribution in [2.45, 2.75) is 43.5 Å². The number of thioether (sulfide) groups is 1.